The lowest BCUT2D eigenvalue weighted by atomic mass is 9.42. The first-order valence-corrected chi connectivity index (χ1v) is 32.6. The van der Waals surface area contributed by atoms with Crippen LogP contribution in [-0.4, -0.2) is 327 Å². The van der Waals surface area contributed by atoms with Gasteiger partial charge in [0.25, 0.3) is 0 Å². The molecule has 0 aromatic rings. The lowest BCUT2D eigenvalue weighted by molar-refractivity contribution is -0.414. The minimum Gasteiger partial charge on any atom is -0.458 e. The third-order valence-electron chi connectivity index (χ3n) is 23.8. The number of hydrogen-bond acceptors (Lipinski definition) is 32. The van der Waals surface area contributed by atoms with Crippen molar-refractivity contribution in [3.05, 3.63) is 11.1 Å². The number of rotatable bonds is 17. The molecule has 93 heavy (non-hydrogen) atoms. The Morgan fingerprint density at radius 1 is 0.473 bits per heavy atom. The Balaban J connectivity index is 0.828. The van der Waals surface area contributed by atoms with Crippen molar-refractivity contribution in [2.75, 3.05) is 39.6 Å². The van der Waals surface area contributed by atoms with Gasteiger partial charge in [-0.2, -0.15) is 0 Å². The van der Waals surface area contributed by atoms with Gasteiger partial charge < -0.3 is 153 Å². The van der Waals surface area contributed by atoms with Crippen LogP contribution >= 0.6 is 0 Å². The molecule has 1 spiro atoms. The second kappa shape index (κ2) is 27.5. The molecule has 0 radical (unpaired) electrons. The van der Waals surface area contributed by atoms with Gasteiger partial charge in [0.1, 0.15) is 140 Å². The van der Waals surface area contributed by atoms with Crippen LogP contribution < -0.4 is 0 Å². The molecular formula is C61H98O32. The molecule has 0 aromatic heterocycles. The average Bonchev–Trinajstić information content (AvgIpc) is 1.58. The molecule has 9 fully saturated rings. The maximum Gasteiger partial charge on any atom is 0.306 e. The summed E-state index contributed by atoms with van der Waals surface area (Å²) in [5.41, 5.74) is 0.436. The predicted molar refractivity (Wildman–Crippen MR) is 304 cm³/mol. The van der Waals surface area contributed by atoms with Gasteiger partial charge in [-0.15, -0.1) is 0 Å². The summed E-state index contributed by atoms with van der Waals surface area (Å²) in [5.74, 6) is -0.188. The van der Waals surface area contributed by atoms with E-state index in [1.807, 2.05) is 6.92 Å². The number of aliphatic hydroxyl groups is 18. The Hall–Kier alpha value is -1.99. The van der Waals surface area contributed by atoms with Gasteiger partial charge in [-0.3, -0.25) is 4.79 Å². The number of carbonyl (C=O) groups excluding carboxylic acids is 1. The third-order valence-corrected chi connectivity index (χ3v) is 23.8. The third kappa shape index (κ3) is 12.1. The van der Waals surface area contributed by atoms with Crippen LogP contribution in [0.25, 0.3) is 0 Å². The number of fused-ring (bicyclic) bond motifs is 5. The van der Waals surface area contributed by atoms with E-state index in [1.165, 1.54) is 18.1 Å². The molecule has 534 valence electrons. The molecule has 32 heteroatoms. The number of ether oxygens (including phenoxy) is 13. The molecule has 2 saturated carbocycles. The smallest absolute Gasteiger partial charge is 0.306 e. The van der Waals surface area contributed by atoms with E-state index in [4.69, 9.17) is 61.6 Å². The molecule has 0 amide bonds. The first-order chi connectivity index (χ1) is 43.9. The number of allylic oxidation sites excluding steroid dienone is 2. The quantitative estimate of drug-likeness (QED) is 0.0475. The lowest BCUT2D eigenvalue weighted by Crippen LogP contribution is -2.69. The van der Waals surface area contributed by atoms with Crippen LogP contribution in [0.1, 0.15) is 99.3 Å². The minimum atomic E-state index is -2.16. The van der Waals surface area contributed by atoms with Crippen molar-refractivity contribution < 1.29 is 158 Å². The van der Waals surface area contributed by atoms with Crippen LogP contribution in [0, 0.1) is 33.5 Å². The summed E-state index contributed by atoms with van der Waals surface area (Å²) in [7, 11) is 0. The van der Waals surface area contributed by atoms with Crippen molar-refractivity contribution in [3.8, 4) is 0 Å². The van der Waals surface area contributed by atoms with Crippen LogP contribution in [0.15, 0.2) is 11.1 Å². The Bertz CT molecular complexity index is 2610. The highest BCUT2D eigenvalue weighted by molar-refractivity contribution is 5.73. The second-order valence-electron chi connectivity index (χ2n) is 28.7. The summed E-state index contributed by atoms with van der Waals surface area (Å²) in [4.78, 5) is 12.8. The van der Waals surface area contributed by atoms with Crippen LogP contribution in [0.3, 0.4) is 0 Å². The maximum absolute atomic E-state index is 12.8. The van der Waals surface area contributed by atoms with Gasteiger partial charge in [-0.25, -0.2) is 0 Å². The number of esters is 1. The minimum absolute atomic E-state index is 0.0819. The first-order valence-electron chi connectivity index (χ1n) is 32.6. The van der Waals surface area contributed by atoms with E-state index in [9.17, 15) is 96.7 Å². The number of hydrogen-bond donors (Lipinski definition) is 18. The van der Waals surface area contributed by atoms with E-state index in [1.54, 1.807) is 0 Å². The number of carbonyl (C=O) groups is 1. The van der Waals surface area contributed by atoms with Gasteiger partial charge in [-0.05, 0) is 75.0 Å². The van der Waals surface area contributed by atoms with Crippen molar-refractivity contribution in [2.24, 2.45) is 33.5 Å². The molecule has 0 bridgehead atoms. The van der Waals surface area contributed by atoms with Crippen LogP contribution in [0.5, 0.6) is 0 Å². The maximum atomic E-state index is 12.8. The Morgan fingerprint density at radius 2 is 0.989 bits per heavy atom. The van der Waals surface area contributed by atoms with Crippen molar-refractivity contribution in [3.63, 3.8) is 0 Å². The van der Waals surface area contributed by atoms with E-state index in [0.29, 0.717) is 25.7 Å². The van der Waals surface area contributed by atoms with Gasteiger partial charge in [-0.1, -0.05) is 45.8 Å². The zero-order valence-electron chi connectivity index (χ0n) is 52.8. The normalized spacial score (nSPS) is 55.2. The van der Waals surface area contributed by atoms with E-state index in [-0.39, 0.29) is 40.7 Å². The first kappa shape index (κ1) is 72.3. The van der Waals surface area contributed by atoms with Crippen LogP contribution in [-0.2, 0) is 66.4 Å². The van der Waals surface area contributed by atoms with Gasteiger partial charge in [0, 0.05) is 16.7 Å². The molecule has 32 nitrogen and oxygen atoms in total. The second-order valence-corrected chi connectivity index (χ2v) is 28.7. The van der Waals surface area contributed by atoms with Gasteiger partial charge >= 0.3 is 5.97 Å². The van der Waals surface area contributed by atoms with Crippen molar-refractivity contribution in [1.82, 2.24) is 0 Å². The van der Waals surface area contributed by atoms with Gasteiger partial charge in [0.15, 0.2) is 37.7 Å². The summed E-state index contributed by atoms with van der Waals surface area (Å²) < 4.78 is 79.0. The Morgan fingerprint density at radius 3 is 1.60 bits per heavy atom. The average molecular weight is 1340 g/mol. The lowest BCUT2D eigenvalue weighted by Gasteiger charge is -2.63. The van der Waals surface area contributed by atoms with E-state index in [0.717, 1.165) is 32.1 Å². The fraction of sp³-hybridized carbons (Fsp3) is 0.951. The molecule has 18 N–H and O–H groups in total. The summed E-state index contributed by atoms with van der Waals surface area (Å²) in [6.45, 7) is 7.63. The molecule has 37 atom stereocenters. The SMILES string of the molecule is C[C@@H]1O[C@@H](O[C@H]2[C@H](O[C@H]3[C@H](OC[C@H]4O[C@@H](O[C@H]5CC[C@]6(C)C7=C(CC[C@H]6C5(C)CO)[C@]5(C)CCC6(OC(=O)C[C@H]6C)[C@@]5(C)CC7)[C@H](O)[C@@H](O)[C@@H]4O)OC[C@H](O)[C@@H]3O)O[C@H](CO)[C@@H](O)[C@@H]2O[C@@H]2O[C@H](CO)[C@@H](O)[C@H](O)[C@H]2O[C@@H]2O[C@H](CO)[C@@H](O)[C@H](O)[C@H]2O)[C@H](O)[C@H](O)[C@H]1O. The van der Waals surface area contributed by atoms with Crippen LogP contribution in [0.2, 0.25) is 0 Å². The van der Waals surface area contributed by atoms with Gasteiger partial charge in [0.2, 0.25) is 0 Å². The highest BCUT2D eigenvalue weighted by Gasteiger charge is 2.73. The Kier molecular flexibility index (Phi) is 21.4. The van der Waals surface area contributed by atoms with Gasteiger partial charge in [0.05, 0.1) is 58.3 Å². The van der Waals surface area contributed by atoms with E-state index < -0.39 is 228 Å². The van der Waals surface area contributed by atoms with Crippen LogP contribution in [0.4, 0.5) is 0 Å². The summed E-state index contributed by atoms with van der Waals surface area (Å²) in [6, 6.07) is 0. The fourth-order valence-corrected chi connectivity index (χ4v) is 17.9. The fourth-order valence-electron chi connectivity index (χ4n) is 17.9. The van der Waals surface area contributed by atoms with Crippen molar-refractivity contribution >= 4 is 5.97 Å². The molecule has 11 rings (SSSR count). The summed E-state index contributed by atoms with van der Waals surface area (Å²) in [6.07, 6.45) is -49.8. The molecule has 7 heterocycles. The van der Waals surface area contributed by atoms with E-state index >= 15 is 0 Å². The largest absolute Gasteiger partial charge is 0.458 e. The molecule has 7 aliphatic heterocycles. The molecule has 0 aromatic carbocycles. The monoisotopic (exact) mass is 1340 g/mol. The molecule has 2 unspecified atom stereocenters. The molecular weight excluding hydrogens is 1240 g/mol. The molecule has 11 aliphatic rings. The highest BCUT2D eigenvalue weighted by Crippen LogP contribution is 2.75. The summed E-state index contributed by atoms with van der Waals surface area (Å²) >= 11 is 0. The zero-order chi connectivity index (χ0) is 67.5. The van der Waals surface area contributed by atoms with Crippen molar-refractivity contribution in [1.29, 1.82) is 0 Å². The Labute approximate surface area is 536 Å². The zero-order valence-corrected chi connectivity index (χ0v) is 52.8. The van der Waals surface area contributed by atoms with Crippen molar-refractivity contribution in [2.45, 2.75) is 289 Å². The standard InChI is InChI=1S/C61H98O32/c1-22-15-33(67)93-61(22)14-13-59(5)25-7-8-31-57(3,24(25)9-12-60(59,61)6)11-10-32(58(31,4)21-65)88-52-45(79)42(76)38(72)30(87-52)20-82-54-48(35(69)26(66)19-81-54)91-56-50(92-51-44(78)40(74)34(68)23(2)83-51)47(39(73)29(18-64)86-56)89-55-49(43(77)37(71)28(17-63)85-55)90-53-46(80)41(75)36(70)27(16-62)84-53/h22-23,26-32,34-56,62-66,68-80H,7-21H2,1-6H3/t22-,23+,26+,27-,28-,29-,30-,31-,32+,34+,35+,36-,37-,38-,39-,40-,41+,42+,43+,44-,45-,46-,47+,48-,49-,50-,51+,52+,53+,54+,55+,56+,57-,58?,59+,60+,61?/m1/s1. The highest BCUT2D eigenvalue weighted by atomic mass is 16.8. The molecule has 4 aliphatic carbocycles. The van der Waals surface area contributed by atoms with E-state index in [2.05, 4.69) is 27.7 Å². The predicted octanol–water partition coefficient (Wildman–Crippen LogP) is -6.61. The molecule has 7 saturated heterocycles. The summed E-state index contributed by atoms with van der Waals surface area (Å²) in [5, 5.41) is 199. The topological polar surface area (TPSA) is 501 Å². The number of aliphatic hydroxyl groups excluding tert-OH is 18.